The molecule has 3 aliphatic heterocycles. The average molecular weight is 438 g/mol. The Morgan fingerprint density at radius 3 is 1.53 bits per heavy atom. The number of rotatable bonds is 6. The van der Waals surface area contributed by atoms with Gasteiger partial charge in [0, 0.05) is 50.4 Å². The molecule has 0 amide bonds. The van der Waals surface area contributed by atoms with Crippen molar-refractivity contribution in [1.29, 1.82) is 0 Å². The Morgan fingerprint density at radius 2 is 1.12 bits per heavy atom. The van der Waals surface area contributed by atoms with E-state index in [0.29, 0.717) is 24.2 Å². The lowest BCUT2D eigenvalue weighted by Gasteiger charge is -2.36. The highest BCUT2D eigenvalue weighted by Gasteiger charge is 2.26. The van der Waals surface area contributed by atoms with Crippen LogP contribution in [-0.4, -0.2) is 71.2 Å². The first-order valence-corrected chi connectivity index (χ1v) is 10.9. The van der Waals surface area contributed by atoms with Crippen LogP contribution < -0.4 is 0 Å². The average Bonchev–Trinajstić information content (AvgIpc) is 3.37. The van der Waals surface area contributed by atoms with E-state index < -0.39 is 12.2 Å². The summed E-state index contributed by atoms with van der Waals surface area (Å²) in [6, 6.07) is 10.7. The second kappa shape index (κ2) is 8.63. The van der Waals surface area contributed by atoms with Gasteiger partial charge in [-0.15, -0.1) is 0 Å². The molecule has 0 spiro atoms. The molecule has 0 aromatic heterocycles. The van der Waals surface area contributed by atoms with Crippen molar-refractivity contribution >= 4 is 11.9 Å². The van der Waals surface area contributed by atoms with E-state index in [9.17, 15) is 19.8 Å². The zero-order valence-corrected chi connectivity index (χ0v) is 17.7. The van der Waals surface area contributed by atoms with E-state index in [4.69, 9.17) is 9.47 Å². The van der Waals surface area contributed by atoms with Gasteiger partial charge < -0.3 is 19.7 Å². The summed E-state index contributed by atoms with van der Waals surface area (Å²) in [5, 5.41) is 21.3. The number of fused-ring (bicyclic) bond motifs is 2. The van der Waals surface area contributed by atoms with E-state index >= 15 is 0 Å². The second-order valence-electron chi connectivity index (χ2n) is 8.62. The number of hydrogen-bond acceptors (Lipinski definition) is 8. The van der Waals surface area contributed by atoms with Gasteiger partial charge in [0.15, 0.2) is 0 Å². The summed E-state index contributed by atoms with van der Waals surface area (Å²) in [6.45, 7) is 4.75. The molecule has 1 fully saturated rings. The maximum absolute atomic E-state index is 11.6. The third-order valence-corrected chi connectivity index (χ3v) is 6.51. The smallest absolute Gasteiger partial charge is 0.338 e. The quantitative estimate of drug-likeness (QED) is 0.654. The first kappa shape index (κ1) is 21.1. The minimum Gasteiger partial charge on any atom is -0.457 e. The van der Waals surface area contributed by atoms with Crippen LogP contribution in [0.15, 0.2) is 36.4 Å². The number of β-amino-alcohol motifs (C(OH)–C–C–N with tert-alkyl or cyclic N) is 2. The summed E-state index contributed by atoms with van der Waals surface area (Å²) >= 11 is 0. The number of benzene rings is 2. The molecule has 2 aromatic carbocycles. The van der Waals surface area contributed by atoms with Crippen LogP contribution in [0.1, 0.15) is 55.2 Å². The number of piperazine rings is 1. The van der Waals surface area contributed by atoms with Gasteiger partial charge in [-0.3, -0.25) is 9.80 Å². The van der Waals surface area contributed by atoms with Gasteiger partial charge in [0.05, 0.1) is 23.3 Å². The summed E-state index contributed by atoms with van der Waals surface area (Å²) in [4.78, 5) is 27.6. The van der Waals surface area contributed by atoms with Crippen LogP contribution in [0, 0.1) is 0 Å². The molecule has 168 valence electrons. The van der Waals surface area contributed by atoms with Crippen molar-refractivity contribution in [3.63, 3.8) is 0 Å². The van der Waals surface area contributed by atoms with Crippen molar-refractivity contribution in [1.82, 2.24) is 9.80 Å². The molecule has 2 aromatic rings. The molecule has 3 aliphatic rings. The molecule has 0 saturated carbocycles. The van der Waals surface area contributed by atoms with Crippen LogP contribution >= 0.6 is 0 Å². The molecule has 32 heavy (non-hydrogen) atoms. The van der Waals surface area contributed by atoms with Gasteiger partial charge in [0.2, 0.25) is 0 Å². The van der Waals surface area contributed by atoms with Gasteiger partial charge in [0.25, 0.3) is 0 Å². The van der Waals surface area contributed by atoms with Gasteiger partial charge in [-0.05, 0) is 35.4 Å². The molecule has 2 atom stereocenters. The lowest BCUT2D eigenvalue weighted by molar-refractivity contribution is 0.0481. The van der Waals surface area contributed by atoms with Crippen LogP contribution in [0.3, 0.4) is 0 Å². The predicted molar refractivity (Wildman–Crippen MR) is 114 cm³/mol. The molecule has 8 heteroatoms. The first-order chi connectivity index (χ1) is 15.5. The maximum atomic E-state index is 11.6. The number of carbonyl (C=O) groups excluding carboxylic acids is 2. The molecular weight excluding hydrogens is 412 g/mol. The fourth-order valence-electron chi connectivity index (χ4n) is 4.58. The van der Waals surface area contributed by atoms with E-state index in [0.717, 1.165) is 48.4 Å². The molecule has 0 bridgehead atoms. The van der Waals surface area contributed by atoms with Crippen molar-refractivity contribution < 1.29 is 29.3 Å². The standard InChI is InChI=1S/C24H26N2O6/c27-21(15-1-3-19-17(9-15)13-31-23(19)29)11-25-5-7-26(8-6-25)12-22(28)16-2-4-20-18(10-16)14-32-24(20)30/h1-4,9-10,21-22,27-28H,5-8,11-14H2. The number of cyclic esters (lactones) is 2. The highest BCUT2D eigenvalue weighted by atomic mass is 16.5. The fraction of sp³-hybridized carbons (Fsp3) is 0.417. The Morgan fingerprint density at radius 1 is 0.719 bits per heavy atom. The molecule has 0 radical (unpaired) electrons. The predicted octanol–water partition coefficient (Wildman–Crippen LogP) is 1.41. The van der Waals surface area contributed by atoms with Crippen LogP contribution in [0.25, 0.3) is 0 Å². The summed E-state index contributed by atoms with van der Waals surface area (Å²) in [5.74, 6) is -0.609. The summed E-state index contributed by atoms with van der Waals surface area (Å²) in [5.41, 5.74) is 4.39. The topological polar surface area (TPSA) is 99.5 Å². The summed E-state index contributed by atoms with van der Waals surface area (Å²) in [7, 11) is 0. The third kappa shape index (κ3) is 4.14. The number of esters is 2. The molecule has 0 aliphatic carbocycles. The Labute approximate surface area is 186 Å². The van der Waals surface area contributed by atoms with Crippen LogP contribution in [-0.2, 0) is 22.7 Å². The van der Waals surface area contributed by atoms with Gasteiger partial charge in [-0.2, -0.15) is 0 Å². The minimum atomic E-state index is -0.635. The summed E-state index contributed by atoms with van der Waals surface area (Å²) < 4.78 is 10.1. The van der Waals surface area contributed by atoms with E-state index in [2.05, 4.69) is 9.80 Å². The van der Waals surface area contributed by atoms with Gasteiger partial charge in [-0.25, -0.2) is 9.59 Å². The van der Waals surface area contributed by atoms with E-state index in [-0.39, 0.29) is 25.2 Å². The number of ether oxygens (including phenoxy) is 2. The van der Waals surface area contributed by atoms with Crippen LogP contribution in [0.4, 0.5) is 0 Å². The lowest BCUT2D eigenvalue weighted by Crippen LogP contribution is -2.48. The highest BCUT2D eigenvalue weighted by molar-refractivity contribution is 5.93. The largest absolute Gasteiger partial charge is 0.457 e. The number of aliphatic hydroxyl groups is 2. The zero-order chi connectivity index (χ0) is 22.2. The second-order valence-corrected chi connectivity index (χ2v) is 8.62. The number of nitrogens with zero attached hydrogens (tertiary/aromatic N) is 2. The molecule has 1 saturated heterocycles. The first-order valence-electron chi connectivity index (χ1n) is 10.9. The Bertz CT molecular complexity index is 963. The SMILES string of the molecule is O=C1OCc2cc(C(O)CN3CCN(CC(O)c4ccc5c(c4)COC5=O)CC3)ccc21. The van der Waals surface area contributed by atoms with Gasteiger partial charge in [0.1, 0.15) is 13.2 Å². The van der Waals surface area contributed by atoms with E-state index in [1.54, 1.807) is 24.3 Å². The van der Waals surface area contributed by atoms with Crippen LogP contribution in [0.5, 0.6) is 0 Å². The molecule has 8 nitrogen and oxygen atoms in total. The van der Waals surface area contributed by atoms with E-state index in [1.807, 2.05) is 12.1 Å². The number of carbonyl (C=O) groups is 2. The molecule has 2 N–H and O–H groups in total. The molecule has 2 unspecified atom stereocenters. The summed E-state index contributed by atoms with van der Waals surface area (Å²) in [6.07, 6.45) is -1.27. The van der Waals surface area contributed by atoms with Crippen molar-refractivity contribution in [2.45, 2.75) is 25.4 Å². The maximum Gasteiger partial charge on any atom is 0.338 e. The zero-order valence-electron chi connectivity index (χ0n) is 17.7. The monoisotopic (exact) mass is 438 g/mol. The minimum absolute atomic E-state index is 0.267. The van der Waals surface area contributed by atoms with Crippen molar-refractivity contribution in [3.8, 4) is 0 Å². The Kier molecular flexibility index (Phi) is 5.69. The fourth-order valence-corrected chi connectivity index (χ4v) is 4.58. The van der Waals surface area contributed by atoms with Gasteiger partial charge in [-0.1, -0.05) is 12.1 Å². The molecular formula is C24H26N2O6. The van der Waals surface area contributed by atoms with Crippen molar-refractivity contribution in [2.24, 2.45) is 0 Å². The van der Waals surface area contributed by atoms with E-state index in [1.165, 1.54) is 0 Å². The Balaban J connectivity index is 1.12. The molecule has 5 rings (SSSR count). The van der Waals surface area contributed by atoms with Gasteiger partial charge >= 0.3 is 11.9 Å². The van der Waals surface area contributed by atoms with Crippen LogP contribution in [0.2, 0.25) is 0 Å². The normalized spacial score (nSPS) is 20.4. The van der Waals surface area contributed by atoms with Crippen molar-refractivity contribution in [3.05, 3.63) is 69.8 Å². The Hall–Kier alpha value is -2.78. The lowest BCUT2D eigenvalue weighted by atomic mass is 10.0. The third-order valence-electron chi connectivity index (χ3n) is 6.51. The highest BCUT2D eigenvalue weighted by Crippen LogP contribution is 2.26. The number of hydrogen-bond donors (Lipinski definition) is 2. The molecule has 3 heterocycles. The number of aliphatic hydroxyl groups excluding tert-OH is 2. The van der Waals surface area contributed by atoms with Crippen molar-refractivity contribution in [2.75, 3.05) is 39.3 Å².